The zero-order valence-corrected chi connectivity index (χ0v) is 12.8. The fraction of sp³-hybridized carbons (Fsp3) is 1.00. The number of hydrogen-bond acceptors (Lipinski definition) is 3. The third-order valence-corrected chi connectivity index (χ3v) is 3.23. The van der Waals surface area contributed by atoms with Gasteiger partial charge in [-0.1, -0.05) is 45.4 Å². The van der Waals surface area contributed by atoms with Crippen molar-refractivity contribution < 1.29 is 9.47 Å². The molecule has 3 nitrogen and oxygen atoms in total. The molecule has 18 heavy (non-hydrogen) atoms. The van der Waals surface area contributed by atoms with E-state index in [2.05, 4.69) is 12.2 Å². The van der Waals surface area contributed by atoms with Crippen molar-refractivity contribution in [1.29, 1.82) is 0 Å². The summed E-state index contributed by atoms with van der Waals surface area (Å²) in [6.07, 6.45) is 9.04. The molecule has 0 aliphatic rings. The topological polar surface area (TPSA) is 30.5 Å². The van der Waals surface area contributed by atoms with Gasteiger partial charge in [0.05, 0.1) is 6.04 Å². The van der Waals surface area contributed by atoms with E-state index in [0.717, 1.165) is 6.42 Å². The van der Waals surface area contributed by atoms with E-state index in [1.807, 2.05) is 20.9 Å². The number of likely N-dealkylation sites (N-methyl/N-ethyl adjacent to an activating group) is 1. The van der Waals surface area contributed by atoms with Crippen LogP contribution < -0.4 is 5.32 Å². The van der Waals surface area contributed by atoms with Gasteiger partial charge in [-0.25, -0.2) is 0 Å². The maximum absolute atomic E-state index is 5.65. The molecule has 1 atom stereocenters. The molecule has 0 saturated carbocycles. The van der Waals surface area contributed by atoms with E-state index in [0.29, 0.717) is 19.3 Å². The third-order valence-electron chi connectivity index (χ3n) is 3.23. The molecule has 3 heteroatoms. The van der Waals surface area contributed by atoms with E-state index in [4.69, 9.17) is 9.47 Å². The lowest BCUT2D eigenvalue weighted by molar-refractivity contribution is -0.154. The zero-order valence-electron chi connectivity index (χ0n) is 12.8. The molecule has 0 saturated heterocycles. The summed E-state index contributed by atoms with van der Waals surface area (Å²) >= 11 is 0. The molecule has 0 bridgehead atoms. The summed E-state index contributed by atoms with van der Waals surface area (Å²) in [4.78, 5) is 0. The monoisotopic (exact) mass is 259 g/mol. The Balaban J connectivity index is 3.77. The summed E-state index contributed by atoms with van der Waals surface area (Å²) in [5, 5.41) is 3.32. The number of ether oxygens (including phenoxy) is 2. The average Bonchev–Trinajstić information content (AvgIpc) is 2.38. The van der Waals surface area contributed by atoms with Crippen molar-refractivity contribution in [1.82, 2.24) is 5.32 Å². The van der Waals surface area contributed by atoms with Gasteiger partial charge >= 0.3 is 0 Å². The number of hydrogen-bond donors (Lipinski definition) is 1. The minimum atomic E-state index is -0.0966. The molecule has 1 N–H and O–H groups in total. The molecular weight excluding hydrogens is 226 g/mol. The van der Waals surface area contributed by atoms with Gasteiger partial charge in [0.2, 0.25) is 0 Å². The van der Waals surface area contributed by atoms with E-state index in [1.165, 1.54) is 38.5 Å². The normalized spacial score (nSPS) is 13.2. The van der Waals surface area contributed by atoms with E-state index >= 15 is 0 Å². The van der Waals surface area contributed by atoms with Crippen molar-refractivity contribution in [2.75, 3.05) is 20.3 Å². The molecule has 0 radical (unpaired) electrons. The first-order chi connectivity index (χ1) is 8.79. The quantitative estimate of drug-likeness (QED) is 0.404. The average molecular weight is 259 g/mol. The highest BCUT2D eigenvalue weighted by molar-refractivity contribution is 4.69. The van der Waals surface area contributed by atoms with E-state index in [1.54, 1.807) is 0 Å². The highest BCUT2D eigenvalue weighted by atomic mass is 16.7. The first-order valence-electron chi connectivity index (χ1n) is 7.70. The molecule has 0 heterocycles. The van der Waals surface area contributed by atoms with Gasteiger partial charge in [0.15, 0.2) is 6.29 Å². The van der Waals surface area contributed by atoms with Gasteiger partial charge in [0.25, 0.3) is 0 Å². The molecular formula is C15H33NO2. The van der Waals surface area contributed by atoms with Crippen LogP contribution in [0, 0.1) is 0 Å². The van der Waals surface area contributed by atoms with Crippen LogP contribution in [0.1, 0.15) is 65.7 Å². The van der Waals surface area contributed by atoms with Gasteiger partial charge in [0, 0.05) is 13.2 Å². The molecule has 0 aromatic carbocycles. The smallest absolute Gasteiger partial charge is 0.172 e. The molecule has 0 aliphatic carbocycles. The molecule has 0 amide bonds. The Morgan fingerprint density at radius 3 is 1.89 bits per heavy atom. The zero-order chi connectivity index (χ0) is 13.6. The maximum atomic E-state index is 5.65. The van der Waals surface area contributed by atoms with Crippen molar-refractivity contribution in [3.63, 3.8) is 0 Å². The third kappa shape index (κ3) is 8.90. The standard InChI is InChI=1S/C15H33NO2/c1-5-8-9-10-11-12-13-14(16-4)15(17-6-2)18-7-3/h14-16H,5-13H2,1-4H3. The second-order valence-corrected chi connectivity index (χ2v) is 4.73. The van der Waals surface area contributed by atoms with Gasteiger partial charge < -0.3 is 14.8 Å². The van der Waals surface area contributed by atoms with Crippen LogP contribution in [0.5, 0.6) is 0 Å². The van der Waals surface area contributed by atoms with Crippen LogP contribution >= 0.6 is 0 Å². The van der Waals surface area contributed by atoms with E-state index in [-0.39, 0.29) is 6.29 Å². The van der Waals surface area contributed by atoms with Crippen LogP contribution in [0.4, 0.5) is 0 Å². The number of nitrogens with one attached hydrogen (secondary N) is 1. The predicted molar refractivity (Wildman–Crippen MR) is 77.9 cm³/mol. The van der Waals surface area contributed by atoms with E-state index in [9.17, 15) is 0 Å². The molecule has 0 aromatic rings. The number of unbranched alkanes of at least 4 members (excludes halogenated alkanes) is 5. The van der Waals surface area contributed by atoms with Crippen molar-refractivity contribution in [3.8, 4) is 0 Å². The highest BCUT2D eigenvalue weighted by Gasteiger charge is 2.19. The van der Waals surface area contributed by atoms with Crippen LogP contribution in [-0.4, -0.2) is 32.6 Å². The van der Waals surface area contributed by atoms with Crippen LogP contribution in [0.3, 0.4) is 0 Å². The SMILES string of the molecule is CCCCCCCCC(NC)C(OCC)OCC. The molecule has 0 rings (SSSR count). The lowest BCUT2D eigenvalue weighted by atomic mass is 10.1. The van der Waals surface area contributed by atoms with Crippen molar-refractivity contribution in [2.45, 2.75) is 78.0 Å². The Morgan fingerprint density at radius 2 is 1.39 bits per heavy atom. The largest absolute Gasteiger partial charge is 0.351 e. The second kappa shape index (κ2) is 13.3. The summed E-state index contributed by atoms with van der Waals surface area (Å²) in [6, 6.07) is 0.316. The lowest BCUT2D eigenvalue weighted by Crippen LogP contribution is -2.41. The van der Waals surface area contributed by atoms with Crippen LogP contribution in [0.15, 0.2) is 0 Å². The Morgan fingerprint density at radius 1 is 0.833 bits per heavy atom. The van der Waals surface area contributed by atoms with Gasteiger partial charge in [-0.15, -0.1) is 0 Å². The molecule has 1 unspecified atom stereocenters. The highest BCUT2D eigenvalue weighted by Crippen LogP contribution is 2.12. The molecule has 0 aromatic heterocycles. The number of rotatable bonds is 13. The minimum absolute atomic E-state index is 0.0966. The molecule has 0 aliphatic heterocycles. The van der Waals surface area contributed by atoms with Gasteiger partial charge in [-0.05, 0) is 27.3 Å². The Kier molecular flexibility index (Phi) is 13.2. The maximum Gasteiger partial charge on any atom is 0.172 e. The van der Waals surface area contributed by atoms with Crippen molar-refractivity contribution in [2.24, 2.45) is 0 Å². The Hall–Kier alpha value is -0.120. The van der Waals surface area contributed by atoms with Crippen molar-refractivity contribution >= 4 is 0 Å². The first kappa shape index (κ1) is 17.9. The Bertz CT molecular complexity index is 159. The van der Waals surface area contributed by atoms with Gasteiger partial charge in [0.1, 0.15) is 0 Å². The van der Waals surface area contributed by atoms with Crippen LogP contribution in [0.25, 0.3) is 0 Å². The lowest BCUT2D eigenvalue weighted by Gasteiger charge is -2.26. The van der Waals surface area contributed by atoms with Crippen molar-refractivity contribution in [3.05, 3.63) is 0 Å². The van der Waals surface area contributed by atoms with Crippen LogP contribution in [-0.2, 0) is 9.47 Å². The Labute approximate surface area is 114 Å². The molecule has 110 valence electrons. The summed E-state index contributed by atoms with van der Waals surface area (Å²) < 4.78 is 11.3. The molecule has 0 spiro atoms. The van der Waals surface area contributed by atoms with Gasteiger partial charge in [-0.2, -0.15) is 0 Å². The summed E-state index contributed by atoms with van der Waals surface area (Å²) in [6.45, 7) is 7.71. The van der Waals surface area contributed by atoms with Gasteiger partial charge in [-0.3, -0.25) is 0 Å². The summed E-state index contributed by atoms with van der Waals surface area (Å²) in [5.74, 6) is 0. The summed E-state index contributed by atoms with van der Waals surface area (Å²) in [5.41, 5.74) is 0. The predicted octanol–water partition coefficient (Wildman–Crippen LogP) is 3.72. The fourth-order valence-electron chi connectivity index (χ4n) is 2.17. The fourth-order valence-corrected chi connectivity index (χ4v) is 2.17. The molecule has 0 fully saturated rings. The van der Waals surface area contributed by atoms with Crippen LogP contribution in [0.2, 0.25) is 0 Å². The first-order valence-corrected chi connectivity index (χ1v) is 7.70. The second-order valence-electron chi connectivity index (χ2n) is 4.73. The van der Waals surface area contributed by atoms with E-state index < -0.39 is 0 Å². The minimum Gasteiger partial charge on any atom is -0.351 e. The summed E-state index contributed by atoms with van der Waals surface area (Å²) in [7, 11) is 1.99.